The molecule has 25 heavy (non-hydrogen) atoms. The lowest BCUT2D eigenvalue weighted by Gasteiger charge is -2.03. The van der Waals surface area contributed by atoms with Gasteiger partial charge in [0.15, 0.2) is 17.3 Å². The van der Waals surface area contributed by atoms with Crippen LogP contribution in [0.15, 0.2) is 59.6 Å². The number of rotatable bonds is 3. The van der Waals surface area contributed by atoms with Gasteiger partial charge in [-0.1, -0.05) is 54.6 Å². The molecule has 4 heteroatoms. The van der Waals surface area contributed by atoms with Crippen LogP contribution in [0.5, 0.6) is 5.75 Å². The zero-order valence-electron chi connectivity index (χ0n) is 15.5. The summed E-state index contributed by atoms with van der Waals surface area (Å²) in [5, 5.41) is 0. The Morgan fingerprint density at radius 2 is 1.72 bits per heavy atom. The lowest BCUT2D eigenvalue weighted by molar-refractivity contribution is -0.112. The van der Waals surface area contributed by atoms with Crippen molar-refractivity contribution in [3.8, 4) is 5.75 Å². The predicted molar refractivity (Wildman–Crippen MR) is 107 cm³/mol. The Kier molecular flexibility index (Phi) is 11.5. The zero-order valence-corrected chi connectivity index (χ0v) is 17.1. The van der Waals surface area contributed by atoms with E-state index in [0.29, 0.717) is 11.7 Å². The fourth-order valence-corrected chi connectivity index (χ4v) is 1.88. The Labute approximate surface area is 158 Å². The summed E-state index contributed by atoms with van der Waals surface area (Å²) in [6.07, 6.45) is 1.28. The molecular weight excluding hydrogens is 383 g/mol. The van der Waals surface area contributed by atoms with Gasteiger partial charge in [0.25, 0.3) is 0 Å². The van der Waals surface area contributed by atoms with Crippen LogP contribution in [0.2, 0.25) is 0 Å². The highest BCUT2D eigenvalue weighted by Crippen LogP contribution is 2.17. The van der Waals surface area contributed by atoms with Gasteiger partial charge >= 0.3 is 0 Å². The molecule has 0 heterocycles. The normalized spacial score (nSPS) is 9.28. The Morgan fingerprint density at radius 3 is 2.08 bits per heavy atom. The monoisotopic (exact) mass is 408 g/mol. The van der Waals surface area contributed by atoms with Crippen molar-refractivity contribution in [3.63, 3.8) is 0 Å². The highest BCUT2D eigenvalue weighted by Gasteiger charge is 1.99. The first-order chi connectivity index (χ1) is 11.7. The van der Waals surface area contributed by atoms with E-state index < -0.39 is 0 Å². The minimum Gasteiger partial charge on any atom is -0.494 e. The molecule has 0 aliphatic heterocycles. The SMILES string of the molecule is C=CC(C)=O.CC(C)c1ccc(Br)cc1.COc1ccc(C)cc1F. The lowest BCUT2D eigenvalue weighted by Crippen LogP contribution is -1.87. The summed E-state index contributed by atoms with van der Waals surface area (Å²) < 4.78 is 18.6. The third-order valence-corrected chi connectivity index (χ3v) is 3.66. The molecule has 0 amide bonds. The van der Waals surface area contributed by atoms with Crippen LogP contribution in [-0.2, 0) is 4.79 Å². The summed E-state index contributed by atoms with van der Waals surface area (Å²) in [5.74, 6) is 0.645. The van der Waals surface area contributed by atoms with Crippen molar-refractivity contribution in [3.05, 3.63) is 76.5 Å². The molecule has 136 valence electrons. The van der Waals surface area contributed by atoms with E-state index in [-0.39, 0.29) is 11.6 Å². The van der Waals surface area contributed by atoms with E-state index in [1.807, 2.05) is 13.0 Å². The van der Waals surface area contributed by atoms with Gasteiger partial charge in [0.2, 0.25) is 0 Å². The number of benzene rings is 2. The molecule has 0 bridgehead atoms. The second-order valence-corrected chi connectivity index (χ2v) is 6.57. The van der Waals surface area contributed by atoms with E-state index in [4.69, 9.17) is 4.74 Å². The largest absolute Gasteiger partial charge is 0.494 e. The van der Waals surface area contributed by atoms with Crippen LogP contribution in [0.25, 0.3) is 0 Å². The summed E-state index contributed by atoms with van der Waals surface area (Å²) in [6, 6.07) is 13.3. The molecule has 0 unspecified atom stereocenters. The molecule has 0 aliphatic carbocycles. The maximum atomic E-state index is 12.7. The van der Waals surface area contributed by atoms with Crippen molar-refractivity contribution >= 4 is 21.7 Å². The van der Waals surface area contributed by atoms with Crippen LogP contribution < -0.4 is 4.74 Å². The standard InChI is InChI=1S/C9H11Br.C8H9FO.C4H6O/c1-7(2)8-3-5-9(10)6-4-8;1-6-3-4-8(10-2)7(9)5-6;1-3-4(2)5/h3-7H,1-2H3;3-5H,1-2H3;3H,1H2,2H3. The number of aryl methyl sites for hydroxylation is 1. The summed E-state index contributed by atoms with van der Waals surface area (Å²) in [4.78, 5) is 9.69. The van der Waals surface area contributed by atoms with E-state index in [2.05, 4.69) is 60.6 Å². The quantitative estimate of drug-likeness (QED) is 0.543. The van der Waals surface area contributed by atoms with Gasteiger partial charge in [-0.3, -0.25) is 4.79 Å². The first kappa shape index (κ1) is 23.1. The van der Waals surface area contributed by atoms with Crippen LogP contribution >= 0.6 is 15.9 Å². The Bertz CT molecular complexity index is 664. The van der Waals surface area contributed by atoms with Crippen LogP contribution in [0, 0.1) is 12.7 Å². The van der Waals surface area contributed by atoms with Gasteiger partial charge in [0.1, 0.15) is 0 Å². The molecule has 0 radical (unpaired) electrons. The van der Waals surface area contributed by atoms with Gasteiger partial charge < -0.3 is 4.74 Å². The van der Waals surface area contributed by atoms with Crippen molar-refractivity contribution in [2.45, 2.75) is 33.6 Å². The number of hydrogen-bond acceptors (Lipinski definition) is 2. The second-order valence-electron chi connectivity index (χ2n) is 5.66. The molecule has 0 spiro atoms. The Morgan fingerprint density at radius 1 is 1.20 bits per heavy atom. The minimum atomic E-state index is -0.303. The van der Waals surface area contributed by atoms with Crippen LogP contribution in [0.4, 0.5) is 4.39 Å². The number of methoxy groups -OCH3 is 1. The number of hydrogen-bond donors (Lipinski definition) is 0. The van der Waals surface area contributed by atoms with Crippen molar-refractivity contribution in [2.24, 2.45) is 0 Å². The van der Waals surface area contributed by atoms with Crippen molar-refractivity contribution in [1.29, 1.82) is 0 Å². The average Bonchev–Trinajstić information content (AvgIpc) is 2.56. The Balaban J connectivity index is 0.000000368. The average molecular weight is 409 g/mol. The smallest absolute Gasteiger partial charge is 0.165 e. The van der Waals surface area contributed by atoms with Crippen molar-refractivity contribution < 1.29 is 13.9 Å². The predicted octanol–water partition coefficient (Wildman–Crippen LogP) is 6.48. The number of ether oxygens (including phenoxy) is 1. The van der Waals surface area contributed by atoms with Gasteiger partial charge in [0.05, 0.1) is 7.11 Å². The molecule has 2 rings (SSSR count). The second kappa shape index (κ2) is 12.4. The number of carbonyl (C=O) groups is 1. The van der Waals surface area contributed by atoms with Crippen LogP contribution in [0.1, 0.15) is 37.8 Å². The zero-order chi connectivity index (χ0) is 19.4. The number of carbonyl (C=O) groups excluding carboxylic acids is 1. The third-order valence-electron chi connectivity index (χ3n) is 3.13. The number of ketones is 1. The molecule has 0 fully saturated rings. The summed E-state index contributed by atoms with van der Waals surface area (Å²) in [6.45, 7) is 10.9. The van der Waals surface area contributed by atoms with E-state index in [1.165, 1.54) is 31.7 Å². The molecule has 2 aromatic rings. The molecule has 0 atom stereocenters. The van der Waals surface area contributed by atoms with Crippen molar-refractivity contribution in [1.82, 2.24) is 0 Å². The summed E-state index contributed by atoms with van der Waals surface area (Å²) >= 11 is 3.39. The fourth-order valence-electron chi connectivity index (χ4n) is 1.62. The Hall–Kier alpha value is -1.94. The van der Waals surface area contributed by atoms with Gasteiger partial charge in [-0.05, 0) is 61.2 Å². The summed E-state index contributed by atoms with van der Waals surface area (Å²) in [5.41, 5.74) is 2.29. The highest BCUT2D eigenvalue weighted by molar-refractivity contribution is 9.10. The molecule has 0 aliphatic rings. The topological polar surface area (TPSA) is 26.3 Å². The molecule has 2 nitrogen and oxygen atoms in total. The molecule has 2 aromatic carbocycles. The van der Waals surface area contributed by atoms with Gasteiger partial charge in [-0.25, -0.2) is 4.39 Å². The molecule has 0 saturated heterocycles. The third kappa shape index (κ3) is 10.5. The minimum absolute atomic E-state index is 0.0185. The number of allylic oxidation sites excluding steroid dienone is 1. The molecule has 0 N–H and O–H groups in total. The lowest BCUT2D eigenvalue weighted by atomic mass is 10.0. The molecule has 0 saturated carbocycles. The first-order valence-electron chi connectivity index (χ1n) is 7.89. The van der Waals surface area contributed by atoms with E-state index in [0.717, 1.165) is 10.0 Å². The highest BCUT2D eigenvalue weighted by atomic mass is 79.9. The van der Waals surface area contributed by atoms with Gasteiger partial charge in [-0.2, -0.15) is 0 Å². The maximum absolute atomic E-state index is 12.7. The van der Waals surface area contributed by atoms with Crippen molar-refractivity contribution in [2.75, 3.05) is 7.11 Å². The first-order valence-corrected chi connectivity index (χ1v) is 8.69. The molecular formula is C21H26BrFO2. The van der Waals surface area contributed by atoms with E-state index in [1.54, 1.807) is 6.07 Å². The molecule has 0 aromatic heterocycles. The fraction of sp³-hybridized carbons (Fsp3) is 0.286. The number of halogens is 2. The van der Waals surface area contributed by atoms with Crippen LogP contribution in [-0.4, -0.2) is 12.9 Å². The van der Waals surface area contributed by atoms with E-state index >= 15 is 0 Å². The van der Waals surface area contributed by atoms with Crippen LogP contribution in [0.3, 0.4) is 0 Å². The van der Waals surface area contributed by atoms with E-state index in [9.17, 15) is 9.18 Å². The van der Waals surface area contributed by atoms with Gasteiger partial charge in [-0.15, -0.1) is 0 Å². The maximum Gasteiger partial charge on any atom is 0.165 e. The summed E-state index contributed by atoms with van der Waals surface area (Å²) in [7, 11) is 1.45. The van der Waals surface area contributed by atoms with Gasteiger partial charge in [0, 0.05) is 4.47 Å².